The van der Waals surface area contributed by atoms with Gasteiger partial charge in [-0.05, 0) is 49.1 Å². The Hall–Kier alpha value is -3.42. The molecule has 1 aliphatic rings. The number of nitro benzene ring substituents is 1. The van der Waals surface area contributed by atoms with Gasteiger partial charge in [0.2, 0.25) is 5.91 Å². The molecule has 1 fully saturated rings. The van der Waals surface area contributed by atoms with E-state index in [9.17, 15) is 19.7 Å². The molecule has 0 spiro atoms. The Morgan fingerprint density at radius 3 is 2.46 bits per heavy atom. The lowest BCUT2D eigenvalue weighted by Crippen LogP contribution is -2.25. The predicted octanol–water partition coefficient (Wildman–Crippen LogP) is 3.10. The quantitative estimate of drug-likeness (QED) is 0.480. The highest BCUT2D eigenvalue weighted by molar-refractivity contribution is 5.96. The van der Waals surface area contributed by atoms with E-state index in [0.29, 0.717) is 18.7 Å². The van der Waals surface area contributed by atoms with Crippen LogP contribution in [0.4, 0.5) is 17.1 Å². The Morgan fingerprint density at radius 1 is 1.14 bits per heavy atom. The fourth-order valence-electron chi connectivity index (χ4n) is 2.77. The number of carbonyl (C=O) groups excluding carboxylic acids is 2. The molecule has 0 radical (unpaired) electrons. The van der Waals surface area contributed by atoms with Crippen molar-refractivity contribution in [2.45, 2.75) is 32.2 Å². The molecule has 0 aliphatic heterocycles. The van der Waals surface area contributed by atoms with Crippen molar-refractivity contribution in [2.75, 3.05) is 17.2 Å². The maximum absolute atomic E-state index is 12.1. The van der Waals surface area contributed by atoms with Gasteiger partial charge in [0.25, 0.3) is 11.6 Å². The maximum atomic E-state index is 12.1. The summed E-state index contributed by atoms with van der Waals surface area (Å²) in [6, 6.07) is 12.1. The molecule has 2 aromatic carbocycles. The molecule has 146 valence electrons. The molecule has 0 saturated heterocycles. The zero-order valence-electron chi connectivity index (χ0n) is 15.5. The van der Waals surface area contributed by atoms with Crippen LogP contribution in [0.1, 0.15) is 35.7 Å². The van der Waals surface area contributed by atoms with Gasteiger partial charge in [-0.3, -0.25) is 19.7 Å². The van der Waals surface area contributed by atoms with Gasteiger partial charge in [-0.25, -0.2) is 0 Å². The van der Waals surface area contributed by atoms with Gasteiger partial charge >= 0.3 is 0 Å². The predicted molar refractivity (Wildman–Crippen MR) is 107 cm³/mol. The zero-order chi connectivity index (χ0) is 20.1. The Labute approximate surface area is 162 Å². The molecule has 0 atom stereocenters. The molecule has 8 heteroatoms. The van der Waals surface area contributed by atoms with Crippen molar-refractivity contribution < 1.29 is 14.5 Å². The first-order valence-corrected chi connectivity index (χ1v) is 9.12. The lowest BCUT2D eigenvalue weighted by atomic mass is 10.1. The van der Waals surface area contributed by atoms with Crippen LogP contribution in [0.3, 0.4) is 0 Å². The fraction of sp³-hybridized carbons (Fsp3) is 0.300. The fourth-order valence-corrected chi connectivity index (χ4v) is 2.77. The Balaban J connectivity index is 1.60. The molecule has 3 rings (SSSR count). The number of rotatable bonds is 8. The topological polar surface area (TPSA) is 113 Å². The first-order chi connectivity index (χ1) is 13.4. The van der Waals surface area contributed by atoms with E-state index in [2.05, 4.69) is 16.0 Å². The van der Waals surface area contributed by atoms with Gasteiger partial charge in [-0.1, -0.05) is 12.1 Å². The van der Waals surface area contributed by atoms with Crippen molar-refractivity contribution in [3.05, 3.63) is 63.7 Å². The van der Waals surface area contributed by atoms with Crippen LogP contribution in [0, 0.1) is 10.1 Å². The van der Waals surface area contributed by atoms with Gasteiger partial charge in [-0.2, -0.15) is 0 Å². The summed E-state index contributed by atoms with van der Waals surface area (Å²) in [6.45, 7) is 1.94. The highest BCUT2D eigenvalue weighted by atomic mass is 16.6. The summed E-state index contributed by atoms with van der Waals surface area (Å²) in [4.78, 5) is 34.0. The SMILES string of the molecule is CC(=O)Nc1ccc(CCNc2ccc(C(=O)NC3CC3)cc2[N+](=O)[O-])cc1. The molecule has 2 amide bonds. The largest absolute Gasteiger partial charge is 0.379 e. The van der Waals surface area contributed by atoms with Crippen molar-refractivity contribution in [1.29, 1.82) is 0 Å². The lowest BCUT2D eigenvalue weighted by Gasteiger charge is -2.10. The van der Waals surface area contributed by atoms with Gasteiger partial charge in [-0.15, -0.1) is 0 Å². The van der Waals surface area contributed by atoms with Crippen molar-refractivity contribution in [3.63, 3.8) is 0 Å². The van der Waals surface area contributed by atoms with E-state index in [4.69, 9.17) is 0 Å². The van der Waals surface area contributed by atoms with Gasteiger partial charge in [0, 0.05) is 36.8 Å². The number of nitrogens with one attached hydrogen (secondary N) is 3. The van der Waals surface area contributed by atoms with Crippen LogP contribution in [0.5, 0.6) is 0 Å². The van der Waals surface area contributed by atoms with Crippen LogP contribution in [0.25, 0.3) is 0 Å². The van der Waals surface area contributed by atoms with E-state index in [0.717, 1.165) is 24.1 Å². The molecule has 1 saturated carbocycles. The van der Waals surface area contributed by atoms with Crippen molar-refractivity contribution in [2.24, 2.45) is 0 Å². The van der Waals surface area contributed by atoms with Crippen LogP contribution in [0.2, 0.25) is 0 Å². The summed E-state index contributed by atoms with van der Waals surface area (Å²) in [7, 11) is 0. The van der Waals surface area contributed by atoms with Crippen LogP contribution < -0.4 is 16.0 Å². The standard InChI is InChI=1S/C20H22N4O4/c1-13(25)22-16-5-2-14(3-6-16)10-11-21-18-9-4-15(12-19(18)24(27)28)20(26)23-17-7-8-17/h2-6,9,12,17,21H,7-8,10-11H2,1H3,(H,22,25)(H,23,26). The Bertz CT molecular complexity index is 892. The normalized spacial score (nSPS) is 12.9. The number of hydrogen-bond acceptors (Lipinski definition) is 5. The summed E-state index contributed by atoms with van der Waals surface area (Å²) in [5, 5.41) is 20.0. The Morgan fingerprint density at radius 2 is 1.86 bits per heavy atom. The monoisotopic (exact) mass is 382 g/mol. The lowest BCUT2D eigenvalue weighted by molar-refractivity contribution is -0.384. The molecule has 0 unspecified atom stereocenters. The molecular formula is C20H22N4O4. The van der Waals surface area contributed by atoms with Gasteiger partial charge in [0.1, 0.15) is 5.69 Å². The molecule has 0 heterocycles. The third-order valence-electron chi connectivity index (χ3n) is 4.37. The maximum Gasteiger partial charge on any atom is 0.293 e. The minimum Gasteiger partial charge on any atom is -0.379 e. The van der Waals surface area contributed by atoms with E-state index in [-0.39, 0.29) is 29.1 Å². The molecule has 0 bridgehead atoms. The molecular weight excluding hydrogens is 360 g/mol. The molecule has 3 N–H and O–H groups in total. The van der Waals surface area contributed by atoms with Crippen molar-refractivity contribution >= 4 is 28.9 Å². The highest BCUT2D eigenvalue weighted by Gasteiger charge is 2.25. The van der Waals surface area contributed by atoms with Crippen molar-refractivity contribution in [1.82, 2.24) is 5.32 Å². The summed E-state index contributed by atoms with van der Waals surface area (Å²) in [6.07, 6.45) is 2.57. The third kappa shape index (κ3) is 5.29. The summed E-state index contributed by atoms with van der Waals surface area (Å²) >= 11 is 0. The zero-order valence-corrected chi connectivity index (χ0v) is 15.5. The second kappa shape index (κ2) is 8.51. The average molecular weight is 382 g/mol. The van der Waals surface area contributed by atoms with Crippen molar-refractivity contribution in [3.8, 4) is 0 Å². The van der Waals surface area contributed by atoms with E-state index in [1.165, 1.54) is 13.0 Å². The van der Waals surface area contributed by atoms with E-state index < -0.39 is 4.92 Å². The minimum atomic E-state index is -0.488. The molecule has 8 nitrogen and oxygen atoms in total. The van der Waals surface area contributed by atoms with Crippen LogP contribution in [-0.4, -0.2) is 29.3 Å². The number of anilines is 2. The number of amides is 2. The smallest absolute Gasteiger partial charge is 0.293 e. The number of carbonyl (C=O) groups is 2. The third-order valence-corrected chi connectivity index (χ3v) is 4.37. The average Bonchev–Trinajstić information content (AvgIpc) is 3.46. The number of nitrogens with zero attached hydrogens (tertiary/aromatic N) is 1. The van der Waals surface area contributed by atoms with Crippen LogP contribution in [-0.2, 0) is 11.2 Å². The number of nitro groups is 1. The van der Waals surface area contributed by atoms with E-state index in [1.807, 2.05) is 24.3 Å². The van der Waals surface area contributed by atoms with Crippen LogP contribution >= 0.6 is 0 Å². The molecule has 28 heavy (non-hydrogen) atoms. The molecule has 2 aromatic rings. The summed E-state index contributed by atoms with van der Waals surface area (Å²) in [5.41, 5.74) is 2.30. The second-order valence-corrected chi connectivity index (χ2v) is 6.79. The van der Waals surface area contributed by atoms with E-state index in [1.54, 1.807) is 12.1 Å². The number of benzene rings is 2. The molecule has 0 aromatic heterocycles. The number of hydrogen-bond donors (Lipinski definition) is 3. The highest BCUT2D eigenvalue weighted by Crippen LogP contribution is 2.26. The van der Waals surface area contributed by atoms with E-state index >= 15 is 0 Å². The second-order valence-electron chi connectivity index (χ2n) is 6.79. The van der Waals surface area contributed by atoms with Crippen LogP contribution in [0.15, 0.2) is 42.5 Å². The minimum absolute atomic E-state index is 0.121. The molecule has 1 aliphatic carbocycles. The Kier molecular flexibility index (Phi) is 5.88. The summed E-state index contributed by atoms with van der Waals surface area (Å²) in [5.74, 6) is -0.410. The first kappa shape index (κ1) is 19.3. The van der Waals surface area contributed by atoms with Gasteiger partial charge < -0.3 is 16.0 Å². The first-order valence-electron chi connectivity index (χ1n) is 9.12. The van der Waals surface area contributed by atoms with Gasteiger partial charge in [0.15, 0.2) is 0 Å². The van der Waals surface area contributed by atoms with Gasteiger partial charge in [0.05, 0.1) is 4.92 Å². The summed E-state index contributed by atoms with van der Waals surface area (Å²) < 4.78 is 0.